The Morgan fingerprint density at radius 2 is 1.78 bits per heavy atom. The minimum absolute atomic E-state index is 0.0108. The van der Waals surface area contributed by atoms with Crippen LogP contribution in [0.5, 0.6) is 0 Å². The van der Waals surface area contributed by atoms with Gasteiger partial charge >= 0.3 is 0 Å². The van der Waals surface area contributed by atoms with Crippen molar-refractivity contribution < 1.29 is 9.72 Å². The lowest BCUT2D eigenvalue weighted by Gasteiger charge is -2.17. The van der Waals surface area contributed by atoms with Crippen molar-refractivity contribution in [2.45, 2.75) is 11.4 Å². The Kier molecular flexibility index (Phi) is 6.01. The van der Waals surface area contributed by atoms with Crippen LogP contribution in [0.3, 0.4) is 0 Å². The molecule has 1 amide bonds. The highest BCUT2D eigenvalue weighted by Gasteiger charge is 2.11. The van der Waals surface area contributed by atoms with Crippen molar-refractivity contribution in [3.05, 3.63) is 69.2 Å². The molecule has 0 radical (unpaired) electrons. The van der Waals surface area contributed by atoms with Gasteiger partial charge in [0.05, 0.1) is 10.7 Å². The van der Waals surface area contributed by atoms with E-state index in [2.05, 4.69) is 0 Å². The molecule has 2 aromatic rings. The van der Waals surface area contributed by atoms with Crippen LogP contribution in [-0.4, -0.2) is 28.5 Å². The van der Waals surface area contributed by atoms with E-state index in [-0.39, 0.29) is 17.3 Å². The summed E-state index contributed by atoms with van der Waals surface area (Å²) in [5.74, 6) is 0.269. The number of hydrogen-bond donors (Lipinski definition) is 0. The monoisotopic (exact) mass is 350 g/mol. The predicted molar refractivity (Wildman–Crippen MR) is 91.7 cm³/mol. The van der Waals surface area contributed by atoms with Crippen LogP contribution in [0.15, 0.2) is 53.4 Å². The number of benzene rings is 2. The van der Waals surface area contributed by atoms with Crippen LogP contribution in [-0.2, 0) is 11.3 Å². The molecule has 7 heteroatoms. The number of non-ortho nitro benzene ring substituents is 1. The van der Waals surface area contributed by atoms with Gasteiger partial charge in [0, 0.05) is 35.6 Å². The number of nitrogens with zero attached hydrogens (tertiary/aromatic N) is 2. The fourth-order valence-corrected chi connectivity index (χ4v) is 2.84. The van der Waals surface area contributed by atoms with E-state index in [1.54, 1.807) is 36.2 Å². The number of nitro groups is 1. The molecular weight excluding hydrogens is 336 g/mol. The highest BCUT2D eigenvalue weighted by molar-refractivity contribution is 8.00. The number of nitro benzene ring substituents is 1. The lowest BCUT2D eigenvalue weighted by molar-refractivity contribution is -0.384. The second-order valence-electron chi connectivity index (χ2n) is 4.92. The molecule has 0 N–H and O–H groups in total. The summed E-state index contributed by atoms with van der Waals surface area (Å²) in [7, 11) is 1.74. The van der Waals surface area contributed by atoms with Crippen LogP contribution in [0.2, 0.25) is 5.02 Å². The average Bonchev–Trinajstić information content (AvgIpc) is 2.55. The third kappa shape index (κ3) is 5.26. The zero-order valence-corrected chi connectivity index (χ0v) is 14.0. The summed E-state index contributed by atoms with van der Waals surface area (Å²) in [6.45, 7) is 0.511. The molecule has 5 nitrogen and oxygen atoms in total. The molecule has 0 unspecified atom stereocenters. The standard InChI is InChI=1S/C16H15ClN2O3S/c1-18(10-12-2-4-13(17)5-3-12)16(20)11-23-15-8-6-14(7-9-15)19(21)22/h2-9H,10-11H2,1H3. The summed E-state index contributed by atoms with van der Waals surface area (Å²) >= 11 is 7.19. The SMILES string of the molecule is CN(Cc1ccc(Cl)cc1)C(=O)CSc1ccc([N+](=O)[O-])cc1. The highest BCUT2D eigenvalue weighted by Crippen LogP contribution is 2.21. The minimum atomic E-state index is -0.445. The third-order valence-electron chi connectivity index (χ3n) is 3.17. The Bertz CT molecular complexity index is 689. The van der Waals surface area contributed by atoms with Crippen LogP contribution in [0.4, 0.5) is 5.69 Å². The van der Waals surface area contributed by atoms with Gasteiger partial charge in [-0.3, -0.25) is 14.9 Å². The van der Waals surface area contributed by atoms with Gasteiger partial charge in [0.25, 0.3) is 5.69 Å². The van der Waals surface area contributed by atoms with Gasteiger partial charge in [-0.1, -0.05) is 23.7 Å². The molecule has 0 saturated carbocycles. The number of hydrogen-bond acceptors (Lipinski definition) is 4. The van der Waals surface area contributed by atoms with Crippen LogP contribution in [0.25, 0.3) is 0 Å². The molecule has 0 aromatic heterocycles. The molecule has 0 bridgehead atoms. The molecule has 2 aromatic carbocycles. The molecule has 0 atom stereocenters. The second-order valence-corrected chi connectivity index (χ2v) is 6.40. The molecule has 23 heavy (non-hydrogen) atoms. The van der Waals surface area contributed by atoms with E-state index in [0.717, 1.165) is 10.5 Å². The molecule has 0 fully saturated rings. The Labute approximate surface area is 143 Å². The fourth-order valence-electron chi connectivity index (χ4n) is 1.87. The minimum Gasteiger partial charge on any atom is -0.341 e. The number of carbonyl (C=O) groups excluding carboxylic acids is 1. The van der Waals surface area contributed by atoms with Crippen LogP contribution in [0, 0.1) is 10.1 Å². The highest BCUT2D eigenvalue weighted by atomic mass is 35.5. The van der Waals surface area contributed by atoms with Crippen molar-refractivity contribution in [3.63, 3.8) is 0 Å². The molecule has 0 aliphatic rings. The van der Waals surface area contributed by atoms with Gasteiger partial charge in [-0.05, 0) is 29.8 Å². The van der Waals surface area contributed by atoms with Gasteiger partial charge in [-0.25, -0.2) is 0 Å². The molecule has 0 saturated heterocycles. The topological polar surface area (TPSA) is 63.5 Å². The van der Waals surface area contributed by atoms with Gasteiger partial charge in [0.1, 0.15) is 0 Å². The Morgan fingerprint density at radius 1 is 1.17 bits per heavy atom. The summed E-state index contributed by atoms with van der Waals surface area (Å²) in [4.78, 5) is 24.7. The Hall–Kier alpha value is -2.05. The van der Waals surface area contributed by atoms with Crippen molar-refractivity contribution in [3.8, 4) is 0 Å². The number of carbonyl (C=O) groups is 1. The van der Waals surface area contributed by atoms with E-state index in [0.29, 0.717) is 11.6 Å². The number of halogens is 1. The number of amides is 1. The van der Waals surface area contributed by atoms with Gasteiger partial charge in [0.2, 0.25) is 5.91 Å². The first-order valence-corrected chi connectivity index (χ1v) is 8.18. The van der Waals surface area contributed by atoms with E-state index in [9.17, 15) is 14.9 Å². The van der Waals surface area contributed by atoms with E-state index in [4.69, 9.17) is 11.6 Å². The van der Waals surface area contributed by atoms with Gasteiger partial charge < -0.3 is 4.90 Å². The molecule has 0 heterocycles. The van der Waals surface area contributed by atoms with Crippen LogP contribution >= 0.6 is 23.4 Å². The first kappa shape index (κ1) is 17.3. The summed E-state index contributed by atoms with van der Waals surface area (Å²) in [6, 6.07) is 13.5. The maximum Gasteiger partial charge on any atom is 0.269 e. The van der Waals surface area contributed by atoms with Crippen molar-refractivity contribution in [2.24, 2.45) is 0 Å². The smallest absolute Gasteiger partial charge is 0.269 e. The molecule has 0 spiro atoms. The van der Waals surface area contributed by atoms with Crippen molar-refractivity contribution in [2.75, 3.05) is 12.8 Å². The van der Waals surface area contributed by atoms with E-state index in [1.165, 1.54) is 23.9 Å². The largest absolute Gasteiger partial charge is 0.341 e. The molecule has 0 aliphatic heterocycles. The van der Waals surface area contributed by atoms with Crippen molar-refractivity contribution in [1.29, 1.82) is 0 Å². The molecule has 120 valence electrons. The van der Waals surface area contributed by atoms with E-state index in [1.807, 2.05) is 12.1 Å². The maximum absolute atomic E-state index is 12.1. The van der Waals surface area contributed by atoms with Crippen LogP contribution < -0.4 is 0 Å². The van der Waals surface area contributed by atoms with Gasteiger partial charge in [-0.2, -0.15) is 0 Å². The molecule has 2 rings (SSSR count). The molecule has 0 aliphatic carbocycles. The maximum atomic E-state index is 12.1. The summed E-state index contributed by atoms with van der Waals surface area (Å²) in [5, 5.41) is 11.3. The first-order valence-electron chi connectivity index (χ1n) is 6.81. The zero-order valence-electron chi connectivity index (χ0n) is 12.4. The summed E-state index contributed by atoms with van der Waals surface area (Å²) in [5.41, 5.74) is 1.05. The van der Waals surface area contributed by atoms with E-state index >= 15 is 0 Å². The van der Waals surface area contributed by atoms with Gasteiger partial charge in [0.15, 0.2) is 0 Å². The predicted octanol–water partition coefficient (Wildman–Crippen LogP) is 4.00. The number of rotatable bonds is 6. The van der Waals surface area contributed by atoms with Crippen LogP contribution in [0.1, 0.15) is 5.56 Å². The Morgan fingerprint density at radius 3 is 2.35 bits per heavy atom. The first-order chi connectivity index (χ1) is 11.0. The zero-order chi connectivity index (χ0) is 16.8. The fraction of sp³-hybridized carbons (Fsp3) is 0.188. The summed E-state index contributed by atoms with van der Waals surface area (Å²) in [6.07, 6.45) is 0. The third-order valence-corrected chi connectivity index (χ3v) is 4.42. The lowest BCUT2D eigenvalue weighted by Crippen LogP contribution is -2.27. The van der Waals surface area contributed by atoms with Gasteiger partial charge in [-0.15, -0.1) is 11.8 Å². The summed E-state index contributed by atoms with van der Waals surface area (Å²) < 4.78 is 0. The quantitative estimate of drug-likeness (QED) is 0.449. The lowest BCUT2D eigenvalue weighted by atomic mass is 10.2. The van der Waals surface area contributed by atoms with Crippen molar-refractivity contribution >= 4 is 35.0 Å². The second kappa shape index (κ2) is 7.99. The normalized spacial score (nSPS) is 10.3. The number of thioether (sulfide) groups is 1. The molecular formula is C16H15ClN2O3S. The average molecular weight is 351 g/mol. The Balaban J connectivity index is 1.86. The van der Waals surface area contributed by atoms with Crippen molar-refractivity contribution in [1.82, 2.24) is 4.90 Å². The van der Waals surface area contributed by atoms with E-state index < -0.39 is 4.92 Å².